The van der Waals surface area contributed by atoms with Gasteiger partial charge in [0.1, 0.15) is 22.3 Å². The van der Waals surface area contributed by atoms with Gasteiger partial charge in [0, 0.05) is 55.6 Å². The summed E-state index contributed by atoms with van der Waals surface area (Å²) in [6, 6.07) is 62.5. The van der Waals surface area contributed by atoms with E-state index in [1.807, 2.05) is 66.9 Å². The number of benzene rings is 7. The van der Waals surface area contributed by atoms with Gasteiger partial charge in [0.2, 0.25) is 0 Å². The Bertz CT molecular complexity index is 3220. The Balaban J connectivity index is 1.01. The van der Waals surface area contributed by atoms with Crippen LogP contribution >= 0.6 is 0 Å². The highest BCUT2D eigenvalue weighted by Crippen LogP contribution is 2.43. The molecule has 262 valence electrons. The molecular weight excluding hydrogens is 687 g/mol. The summed E-state index contributed by atoms with van der Waals surface area (Å²) in [5.74, 6) is 0.665. The van der Waals surface area contributed by atoms with Crippen LogP contribution < -0.4 is 0 Å². The molecule has 0 amide bonds. The molecule has 0 saturated carbocycles. The molecule has 11 rings (SSSR count). The zero-order valence-electron chi connectivity index (χ0n) is 30.1. The number of para-hydroxylation sites is 2. The fourth-order valence-corrected chi connectivity index (χ4v) is 7.81. The minimum Gasteiger partial charge on any atom is -0.456 e. The minimum absolute atomic E-state index is 0.665. The standard InChI is InChI=1S/C51H31N3O2/c1-2-10-33(11-3-1)44-31-45(35-21-19-34(20-22-35)43-14-8-9-29-52-43)54-51(53-44)36-23-17-32(18-24-36)38-26-27-39(50-49(38)41-13-5-7-16-47(41)56-50)37-25-28-48-42(30-37)40-12-4-6-15-46(40)55-48/h1-31H. The Morgan fingerprint density at radius 2 is 0.911 bits per heavy atom. The quantitative estimate of drug-likeness (QED) is 0.171. The van der Waals surface area contributed by atoms with Gasteiger partial charge in [-0.3, -0.25) is 4.98 Å². The molecule has 11 aromatic rings. The Morgan fingerprint density at radius 3 is 1.66 bits per heavy atom. The zero-order chi connectivity index (χ0) is 37.0. The molecule has 7 aromatic carbocycles. The molecule has 0 atom stereocenters. The van der Waals surface area contributed by atoms with Gasteiger partial charge in [0.05, 0.1) is 17.1 Å². The highest BCUT2D eigenvalue weighted by Gasteiger charge is 2.19. The molecule has 5 heteroatoms. The second kappa shape index (κ2) is 13.0. The van der Waals surface area contributed by atoms with Crippen molar-refractivity contribution >= 4 is 43.9 Å². The van der Waals surface area contributed by atoms with Crippen LogP contribution in [-0.4, -0.2) is 15.0 Å². The van der Waals surface area contributed by atoms with E-state index in [9.17, 15) is 0 Å². The Kier molecular flexibility index (Phi) is 7.42. The van der Waals surface area contributed by atoms with Crippen molar-refractivity contribution in [3.63, 3.8) is 0 Å². The average Bonchev–Trinajstić information content (AvgIpc) is 3.85. The molecule has 0 saturated heterocycles. The second-order valence-electron chi connectivity index (χ2n) is 14.0. The molecule has 0 N–H and O–H groups in total. The van der Waals surface area contributed by atoms with Gasteiger partial charge in [0.25, 0.3) is 0 Å². The highest BCUT2D eigenvalue weighted by atomic mass is 16.3. The van der Waals surface area contributed by atoms with Gasteiger partial charge in [-0.05, 0) is 65.2 Å². The summed E-state index contributed by atoms with van der Waals surface area (Å²) in [4.78, 5) is 14.7. The normalized spacial score (nSPS) is 11.6. The van der Waals surface area contributed by atoms with Crippen LogP contribution in [0.3, 0.4) is 0 Å². The summed E-state index contributed by atoms with van der Waals surface area (Å²) in [5, 5.41) is 4.36. The Morgan fingerprint density at radius 1 is 0.339 bits per heavy atom. The lowest BCUT2D eigenvalue weighted by atomic mass is 9.93. The first kappa shape index (κ1) is 31.9. The summed E-state index contributed by atoms with van der Waals surface area (Å²) in [5.41, 5.74) is 14.5. The topological polar surface area (TPSA) is 65.0 Å². The molecule has 4 heterocycles. The smallest absolute Gasteiger partial charge is 0.160 e. The second-order valence-corrected chi connectivity index (χ2v) is 14.0. The Labute approximate surface area is 322 Å². The van der Waals surface area contributed by atoms with Crippen LogP contribution in [0.15, 0.2) is 197 Å². The number of furan rings is 2. The van der Waals surface area contributed by atoms with Crippen molar-refractivity contribution in [3.05, 3.63) is 188 Å². The highest BCUT2D eigenvalue weighted by molar-refractivity contribution is 6.17. The minimum atomic E-state index is 0.665. The average molecular weight is 718 g/mol. The molecule has 0 aliphatic heterocycles. The van der Waals surface area contributed by atoms with Gasteiger partial charge in [-0.15, -0.1) is 0 Å². The van der Waals surface area contributed by atoms with Crippen LogP contribution in [0, 0.1) is 0 Å². The zero-order valence-corrected chi connectivity index (χ0v) is 30.1. The fourth-order valence-electron chi connectivity index (χ4n) is 7.81. The molecule has 5 nitrogen and oxygen atoms in total. The van der Waals surface area contributed by atoms with Crippen molar-refractivity contribution in [2.75, 3.05) is 0 Å². The number of hydrogen-bond acceptors (Lipinski definition) is 5. The summed E-state index contributed by atoms with van der Waals surface area (Å²) in [6.45, 7) is 0. The van der Waals surface area contributed by atoms with E-state index >= 15 is 0 Å². The summed E-state index contributed by atoms with van der Waals surface area (Å²) < 4.78 is 12.8. The van der Waals surface area contributed by atoms with Crippen LogP contribution in [0.5, 0.6) is 0 Å². The summed E-state index contributed by atoms with van der Waals surface area (Å²) in [7, 11) is 0. The third-order valence-corrected chi connectivity index (χ3v) is 10.6. The van der Waals surface area contributed by atoms with Gasteiger partial charge in [-0.25, -0.2) is 9.97 Å². The van der Waals surface area contributed by atoms with Gasteiger partial charge in [-0.1, -0.05) is 133 Å². The summed E-state index contributed by atoms with van der Waals surface area (Å²) in [6.07, 6.45) is 1.82. The molecular formula is C51H31N3O2. The van der Waals surface area contributed by atoms with Crippen LogP contribution in [0.2, 0.25) is 0 Å². The molecule has 0 radical (unpaired) electrons. The van der Waals surface area contributed by atoms with Gasteiger partial charge in [-0.2, -0.15) is 0 Å². The first-order valence-corrected chi connectivity index (χ1v) is 18.7. The van der Waals surface area contributed by atoms with E-state index in [2.05, 4.69) is 126 Å². The lowest BCUT2D eigenvalue weighted by Gasteiger charge is -2.11. The lowest BCUT2D eigenvalue weighted by Crippen LogP contribution is -1.96. The van der Waals surface area contributed by atoms with Crippen LogP contribution in [0.4, 0.5) is 0 Å². The largest absolute Gasteiger partial charge is 0.456 e. The molecule has 4 aromatic heterocycles. The molecule has 56 heavy (non-hydrogen) atoms. The number of rotatable bonds is 6. The lowest BCUT2D eigenvalue weighted by molar-refractivity contribution is 0.668. The van der Waals surface area contributed by atoms with Crippen molar-refractivity contribution < 1.29 is 8.83 Å². The van der Waals surface area contributed by atoms with Crippen molar-refractivity contribution in [3.8, 4) is 67.4 Å². The van der Waals surface area contributed by atoms with Crippen LogP contribution in [-0.2, 0) is 0 Å². The molecule has 0 aliphatic rings. The third-order valence-electron chi connectivity index (χ3n) is 10.6. The maximum absolute atomic E-state index is 6.67. The SMILES string of the molecule is c1ccc(-c2cc(-c3ccc(-c4ccccn4)cc3)nc(-c3ccc(-c4ccc(-c5ccc6oc7ccccc7c6c5)c5oc6ccccc6c45)cc3)n2)cc1. The van der Waals surface area contributed by atoms with E-state index in [4.69, 9.17) is 18.8 Å². The van der Waals surface area contributed by atoms with E-state index in [0.29, 0.717) is 5.82 Å². The number of hydrogen-bond donors (Lipinski definition) is 0. The molecule has 0 aliphatic carbocycles. The Hall–Kier alpha value is -7.63. The maximum atomic E-state index is 6.67. The maximum Gasteiger partial charge on any atom is 0.160 e. The first-order valence-electron chi connectivity index (χ1n) is 18.7. The van der Waals surface area contributed by atoms with E-state index < -0.39 is 0 Å². The van der Waals surface area contributed by atoms with Crippen molar-refractivity contribution in [1.29, 1.82) is 0 Å². The van der Waals surface area contributed by atoms with Crippen molar-refractivity contribution in [2.24, 2.45) is 0 Å². The van der Waals surface area contributed by atoms with Gasteiger partial charge in [0.15, 0.2) is 5.82 Å². The summed E-state index contributed by atoms with van der Waals surface area (Å²) >= 11 is 0. The molecule has 0 fully saturated rings. The molecule has 0 unspecified atom stereocenters. The van der Waals surface area contributed by atoms with Crippen molar-refractivity contribution in [1.82, 2.24) is 15.0 Å². The fraction of sp³-hybridized carbons (Fsp3) is 0. The van der Waals surface area contributed by atoms with Crippen LogP contribution in [0.1, 0.15) is 0 Å². The van der Waals surface area contributed by atoms with Crippen LogP contribution in [0.25, 0.3) is 111 Å². The first-order chi connectivity index (χ1) is 27.7. The number of nitrogens with zero attached hydrogens (tertiary/aromatic N) is 3. The van der Waals surface area contributed by atoms with E-state index in [1.54, 1.807) is 0 Å². The monoisotopic (exact) mass is 717 g/mol. The van der Waals surface area contributed by atoms with Gasteiger partial charge >= 0.3 is 0 Å². The van der Waals surface area contributed by atoms with E-state index in [1.165, 1.54) is 0 Å². The number of aromatic nitrogens is 3. The molecule has 0 bridgehead atoms. The number of pyridine rings is 1. The molecule has 0 spiro atoms. The van der Waals surface area contributed by atoms with E-state index in [-0.39, 0.29) is 0 Å². The van der Waals surface area contributed by atoms with E-state index in [0.717, 1.165) is 105 Å². The van der Waals surface area contributed by atoms with Crippen molar-refractivity contribution in [2.45, 2.75) is 0 Å². The predicted molar refractivity (Wildman–Crippen MR) is 227 cm³/mol. The van der Waals surface area contributed by atoms with Gasteiger partial charge < -0.3 is 8.83 Å². The number of fused-ring (bicyclic) bond motifs is 6. The predicted octanol–water partition coefficient (Wildman–Crippen LogP) is 13.7. The third kappa shape index (κ3) is 5.45.